The average Bonchev–Trinajstić information content (AvgIpc) is 2.78. The highest BCUT2D eigenvalue weighted by atomic mass is 16.5. The molecule has 0 spiro atoms. The van der Waals surface area contributed by atoms with Crippen LogP contribution in [0.15, 0.2) is 48.5 Å². The first-order chi connectivity index (χ1) is 16.1. The van der Waals surface area contributed by atoms with Crippen LogP contribution >= 0.6 is 0 Å². The van der Waals surface area contributed by atoms with Gasteiger partial charge in [-0.1, -0.05) is 55.8 Å². The number of methoxy groups -OCH3 is 1. The first-order valence-electron chi connectivity index (χ1n) is 11.2. The Morgan fingerprint density at radius 2 is 1.44 bits per heavy atom. The fraction of sp³-hybridized carbons (Fsp3) is 0.296. The number of fused-ring (bicyclic) bond motifs is 1. The summed E-state index contributed by atoms with van der Waals surface area (Å²) < 4.78 is 4.84. The third-order valence-corrected chi connectivity index (χ3v) is 5.70. The number of aryl methyl sites for hydroxylation is 3. The van der Waals surface area contributed by atoms with Gasteiger partial charge in [-0.3, -0.25) is 4.79 Å². The van der Waals surface area contributed by atoms with Crippen LogP contribution in [-0.2, 0) is 9.53 Å². The topological polar surface area (TPSA) is 96.5 Å². The summed E-state index contributed by atoms with van der Waals surface area (Å²) in [6, 6.07) is 13.7. The van der Waals surface area contributed by atoms with Crippen LogP contribution in [0.1, 0.15) is 40.9 Å². The smallest absolute Gasteiger partial charge is 0.328 e. The summed E-state index contributed by atoms with van der Waals surface area (Å²) in [7, 11) is 1.28. The standard InChI is InChI=1S/C27H31N3O4/c1-15(2)23(26(32)34-6)29-25(31)21-13-19-9-7-8-10-20(19)14-22(21)28-27(33)30-24-17(4)11-16(3)12-18(24)5/h7-15,23H,1-6H3,(H,29,31)(H2,28,30,33)/t23-/m0/s1. The van der Waals surface area contributed by atoms with Crippen molar-refractivity contribution < 1.29 is 19.1 Å². The molecule has 0 bridgehead atoms. The number of carbonyl (C=O) groups excluding carboxylic acids is 3. The third kappa shape index (κ3) is 5.54. The van der Waals surface area contributed by atoms with Gasteiger partial charge in [0.25, 0.3) is 5.91 Å². The SMILES string of the molecule is COC(=O)[C@@H](NC(=O)c1cc2ccccc2cc1NC(=O)Nc1c(C)cc(C)cc1C)C(C)C. The molecule has 0 saturated carbocycles. The normalized spacial score (nSPS) is 11.7. The maximum absolute atomic E-state index is 13.2. The second kappa shape index (κ2) is 10.4. The van der Waals surface area contributed by atoms with Gasteiger partial charge >= 0.3 is 12.0 Å². The van der Waals surface area contributed by atoms with Crippen LogP contribution in [0.2, 0.25) is 0 Å². The predicted octanol–water partition coefficient (Wildman–Crippen LogP) is 5.34. The van der Waals surface area contributed by atoms with Crippen LogP contribution in [-0.4, -0.2) is 31.1 Å². The molecule has 0 radical (unpaired) electrons. The third-order valence-electron chi connectivity index (χ3n) is 5.70. The van der Waals surface area contributed by atoms with E-state index in [1.165, 1.54) is 7.11 Å². The minimum atomic E-state index is -0.816. The van der Waals surface area contributed by atoms with Crippen LogP contribution in [0.25, 0.3) is 10.8 Å². The van der Waals surface area contributed by atoms with E-state index in [-0.39, 0.29) is 11.5 Å². The molecule has 3 aromatic carbocycles. The van der Waals surface area contributed by atoms with E-state index in [9.17, 15) is 14.4 Å². The van der Waals surface area contributed by atoms with Crippen LogP contribution in [0.5, 0.6) is 0 Å². The van der Waals surface area contributed by atoms with Gasteiger partial charge in [-0.05, 0) is 60.7 Å². The van der Waals surface area contributed by atoms with Crippen LogP contribution in [0.4, 0.5) is 16.2 Å². The van der Waals surface area contributed by atoms with E-state index in [0.29, 0.717) is 5.69 Å². The highest BCUT2D eigenvalue weighted by Crippen LogP contribution is 2.26. The van der Waals surface area contributed by atoms with E-state index < -0.39 is 23.9 Å². The minimum absolute atomic E-state index is 0.177. The molecule has 3 rings (SSSR count). The summed E-state index contributed by atoms with van der Waals surface area (Å²) in [4.78, 5) is 38.3. The van der Waals surface area contributed by atoms with Gasteiger partial charge in [-0.2, -0.15) is 0 Å². The molecule has 0 unspecified atom stereocenters. The summed E-state index contributed by atoms with van der Waals surface area (Å²) in [5, 5.41) is 10.2. The molecule has 1 atom stereocenters. The number of amides is 3. The number of carbonyl (C=O) groups is 3. The number of ether oxygens (including phenoxy) is 1. The lowest BCUT2D eigenvalue weighted by atomic mass is 10.0. The highest BCUT2D eigenvalue weighted by Gasteiger charge is 2.27. The molecule has 0 aliphatic rings. The van der Waals surface area contributed by atoms with Crippen molar-refractivity contribution >= 4 is 40.1 Å². The van der Waals surface area contributed by atoms with Gasteiger partial charge in [0, 0.05) is 5.69 Å². The largest absolute Gasteiger partial charge is 0.467 e. The van der Waals surface area contributed by atoms with Gasteiger partial charge in [-0.15, -0.1) is 0 Å². The predicted molar refractivity (Wildman–Crippen MR) is 135 cm³/mol. The zero-order valence-electron chi connectivity index (χ0n) is 20.4. The van der Waals surface area contributed by atoms with E-state index >= 15 is 0 Å². The number of hydrogen-bond donors (Lipinski definition) is 3. The van der Waals surface area contributed by atoms with Crippen LogP contribution in [0.3, 0.4) is 0 Å². The molecule has 0 saturated heterocycles. The van der Waals surface area contributed by atoms with Gasteiger partial charge in [-0.25, -0.2) is 9.59 Å². The van der Waals surface area contributed by atoms with Crippen molar-refractivity contribution in [3.63, 3.8) is 0 Å². The summed E-state index contributed by atoms with van der Waals surface area (Å²) in [5.41, 5.74) is 4.31. The van der Waals surface area contributed by atoms with Crippen molar-refractivity contribution in [2.45, 2.75) is 40.7 Å². The molecule has 3 aromatic rings. The summed E-state index contributed by atoms with van der Waals surface area (Å²) in [5.74, 6) is -1.18. The summed E-state index contributed by atoms with van der Waals surface area (Å²) in [6.45, 7) is 9.51. The van der Waals surface area contributed by atoms with Crippen molar-refractivity contribution in [1.82, 2.24) is 5.32 Å². The first kappa shape index (κ1) is 24.8. The first-order valence-corrected chi connectivity index (χ1v) is 11.2. The van der Waals surface area contributed by atoms with Crippen molar-refractivity contribution in [2.24, 2.45) is 5.92 Å². The van der Waals surface area contributed by atoms with E-state index in [1.54, 1.807) is 12.1 Å². The molecule has 0 aromatic heterocycles. The Balaban J connectivity index is 1.95. The number of esters is 1. The zero-order valence-corrected chi connectivity index (χ0v) is 20.4. The van der Waals surface area contributed by atoms with Crippen molar-refractivity contribution in [3.8, 4) is 0 Å². The Morgan fingerprint density at radius 1 is 0.853 bits per heavy atom. The second-order valence-electron chi connectivity index (χ2n) is 8.82. The Kier molecular flexibility index (Phi) is 7.56. The molecule has 178 valence electrons. The van der Waals surface area contributed by atoms with Gasteiger partial charge in [0.1, 0.15) is 6.04 Å². The molecular formula is C27H31N3O4. The van der Waals surface area contributed by atoms with Crippen molar-refractivity contribution in [3.05, 3.63) is 70.8 Å². The van der Waals surface area contributed by atoms with E-state index in [1.807, 2.05) is 71.0 Å². The lowest BCUT2D eigenvalue weighted by Crippen LogP contribution is -2.45. The van der Waals surface area contributed by atoms with Gasteiger partial charge in [0.15, 0.2) is 0 Å². The average molecular weight is 462 g/mol. The summed E-state index contributed by atoms with van der Waals surface area (Å²) in [6.07, 6.45) is 0. The highest BCUT2D eigenvalue weighted by molar-refractivity contribution is 6.10. The van der Waals surface area contributed by atoms with Crippen LogP contribution < -0.4 is 16.0 Å². The Morgan fingerprint density at radius 3 is 2.00 bits per heavy atom. The fourth-order valence-electron chi connectivity index (χ4n) is 4.02. The number of nitrogens with one attached hydrogen (secondary N) is 3. The second-order valence-corrected chi connectivity index (χ2v) is 8.82. The molecule has 0 heterocycles. The molecule has 7 heteroatoms. The Labute approximate surface area is 199 Å². The fourth-order valence-corrected chi connectivity index (χ4v) is 4.02. The maximum atomic E-state index is 13.2. The Bertz CT molecular complexity index is 1230. The number of hydrogen-bond acceptors (Lipinski definition) is 4. The van der Waals surface area contributed by atoms with E-state index in [4.69, 9.17) is 4.74 Å². The molecule has 0 aliphatic heterocycles. The molecule has 3 amide bonds. The van der Waals surface area contributed by atoms with E-state index in [2.05, 4.69) is 16.0 Å². The van der Waals surface area contributed by atoms with E-state index in [0.717, 1.165) is 33.2 Å². The summed E-state index contributed by atoms with van der Waals surface area (Å²) >= 11 is 0. The zero-order chi connectivity index (χ0) is 25.0. The van der Waals surface area contributed by atoms with Crippen molar-refractivity contribution in [2.75, 3.05) is 17.7 Å². The van der Waals surface area contributed by atoms with Gasteiger partial charge < -0.3 is 20.7 Å². The monoisotopic (exact) mass is 461 g/mol. The number of urea groups is 1. The quantitative estimate of drug-likeness (QED) is 0.432. The molecule has 7 nitrogen and oxygen atoms in total. The Hall–Kier alpha value is -3.87. The lowest BCUT2D eigenvalue weighted by molar-refractivity contribution is -0.144. The lowest BCUT2D eigenvalue weighted by Gasteiger charge is -2.21. The minimum Gasteiger partial charge on any atom is -0.467 e. The molecule has 34 heavy (non-hydrogen) atoms. The van der Waals surface area contributed by atoms with Crippen LogP contribution in [0, 0.1) is 26.7 Å². The number of anilines is 2. The van der Waals surface area contributed by atoms with Gasteiger partial charge in [0.2, 0.25) is 0 Å². The van der Waals surface area contributed by atoms with Crippen molar-refractivity contribution in [1.29, 1.82) is 0 Å². The van der Waals surface area contributed by atoms with Gasteiger partial charge in [0.05, 0.1) is 18.4 Å². The maximum Gasteiger partial charge on any atom is 0.328 e. The molecule has 0 fully saturated rings. The number of benzene rings is 3. The molecule has 0 aliphatic carbocycles. The number of rotatable bonds is 6. The molecular weight excluding hydrogens is 430 g/mol. The molecule has 3 N–H and O–H groups in total.